The minimum absolute atomic E-state index is 0.0259. The van der Waals surface area contributed by atoms with Crippen LogP contribution in [0.25, 0.3) is 11.1 Å². The van der Waals surface area contributed by atoms with Crippen molar-refractivity contribution in [2.75, 3.05) is 6.61 Å². The van der Waals surface area contributed by atoms with E-state index in [0.717, 1.165) is 39.0 Å². The van der Waals surface area contributed by atoms with E-state index in [9.17, 15) is 14.6 Å². The zero-order valence-corrected chi connectivity index (χ0v) is 20.3. The van der Waals surface area contributed by atoms with Crippen LogP contribution in [0, 0.1) is 12.7 Å². The van der Waals surface area contributed by atoms with Crippen molar-refractivity contribution < 1.29 is 14.6 Å². The van der Waals surface area contributed by atoms with E-state index in [1.807, 2.05) is 0 Å². The molecule has 32 heavy (non-hydrogen) atoms. The van der Waals surface area contributed by atoms with Gasteiger partial charge < -0.3 is 10.2 Å². The van der Waals surface area contributed by atoms with Gasteiger partial charge in [0.05, 0.1) is 0 Å². The number of phenolic OH excluding ortho intramolecular Hbond substituents is 1. The minimum Gasteiger partial charge on any atom is -0.507 e. The molecule has 0 saturated carbocycles. The Labute approximate surface area is 194 Å². The normalized spacial score (nSPS) is 11.5. The van der Waals surface area contributed by atoms with E-state index >= 15 is 0 Å². The number of benzene rings is 2. The molecule has 5 heteroatoms. The van der Waals surface area contributed by atoms with Gasteiger partial charge in [0.1, 0.15) is 11.6 Å². The first kappa shape index (κ1) is 24.3. The summed E-state index contributed by atoms with van der Waals surface area (Å²) in [6.07, 6.45) is 0.424. The molecule has 0 saturated heterocycles. The topological polar surface area (TPSA) is 53.4 Å². The van der Waals surface area contributed by atoms with Crippen molar-refractivity contribution in [3.8, 4) is 16.9 Å². The summed E-state index contributed by atoms with van der Waals surface area (Å²) >= 11 is 1.71. The Hall–Kier alpha value is -2.37. The summed E-state index contributed by atoms with van der Waals surface area (Å²) < 4.78 is 13.8. The number of nitrogens with zero attached hydrogens (tertiary/aromatic N) is 1. The third kappa shape index (κ3) is 5.33. The molecular weight excluding hydrogens is 421 g/mol. The molecule has 0 aliphatic rings. The Balaban J connectivity index is 2.27. The van der Waals surface area contributed by atoms with Crippen molar-refractivity contribution in [3.63, 3.8) is 0 Å². The van der Waals surface area contributed by atoms with Crippen LogP contribution in [0.1, 0.15) is 67.6 Å². The molecule has 0 unspecified atom stereocenters. The number of pyridine rings is 1. The first-order chi connectivity index (χ1) is 15.2. The van der Waals surface area contributed by atoms with Crippen molar-refractivity contribution in [3.05, 3.63) is 76.4 Å². The maximum absolute atomic E-state index is 13.8. The van der Waals surface area contributed by atoms with Crippen LogP contribution in [-0.2, 0) is 12.2 Å². The largest absolute Gasteiger partial charge is 0.507 e. The molecule has 1 heterocycles. The Morgan fingerprint density at radius 1 is 0.938 bits per heavy atom. The molecule has 0 aliphatic carbocycles. The van der Waals surface area contributed by atoms with Gasteiger partial charge in [-0.15, -0.1) is 11.8 Å². The lowest BCUT2D eigenvalue weighted by atomic mass is 9.86. The molecule has 3 nitrogen and oxygen atoms in total. The van der Waals surface area contributed by atoms with E-state index in [2.05, 4.69) is 58.9 Å². The second-order valence-electron chi connectivity index (χ2n) is 8.76. The fraction of sp³-hybridized carbons (Fsp3) is 0.370. The lowest BCUT2D eigenvalue weighted by molar-refractivity contribution is 0.299. The number of thioether (sulfide) groups is 1. The number of aromatic hydroxyl groups is 1. The minimum atomic E-state index is -0.479. The molecule has 1 aromatic heterocycles. The van der Waals surface area contributed by atoms with Gasteiger partial charge in [-0.1, -0.05) is 45.4 Å². The Kier molecular flexibility index (Phi) is 7.96. The van der Waals surface area contributed by atoms with Crippen molar-refractivity contribution in [1.82, 2.24) is 4.98 Å². The first-order valence-electron chi connectivity index (χ1n) is 11.1. The van der Waals surface area contributed by atoms with Crippen LogP contribution in [0.3, 0.4) is 0 Å². The Morgan fingerprint density at radius 2 is 1.56 bits per heavy atom. The number of aliphatic hydroxyl groups excluding tert-OH is 1. The monoisotopic (exact) mass is 453 g/mol. The zero-order valence-electron chi connectivity index (χ0n) is 19.4. The number of aliphatic hydroxyl groups is 1. The van der Waals surface area contributed by atoms with Crippen LogP contribution in [0.15, 0.2) is 47.4 Å². The number of phenols is 1. The van der Waals surface area contributed by atoms with Crippen molar-refractivity contribution in [1.29, 1.82) is 0 Å². The smallest absolute Gasteiger partial charge is 0.126 e. The average molecular weight is 454 g/mol. The van der Waals surface area contributed by atoms with Crippen molar-refractivity contribution in [2.24, 2.45) is 0 Å². The summed E-state index contributed by atoms with van der Waals surface area (Å²) in [5.41, 5.74) is 6.52. The molecule has 0 amide bonds. The van der Waals surface area contributed by atoms with Crippen molar-refractivity contribution >= 4 is 11.8 Å². The number of rotatable bonds is 8. The molecule has 2 N–H and O–H groups in total. The molecule has 170 valence electrons. The zero-order chi connectivity index (χ0) is 23.4. The fourth-order valence-electron chi connectivity index (χ4n) is 4.00. The highest BCUT2D eigenvalue weighted by Crippen LogP contribution is 2.42. The highest BCUT2D eigenvalue weighted by atomic mass is 32.2. The summed E-state index contributed by atoms with van der Waals surface area (Å²) in [5, 5.41) is 20.6. The molecule has 0 radical (unpaired) electrons. The summed E-state index contributed by atoms with van der Waals surface area (Å²) in [7, 11) is 0. The van der Waals surface area contributed by atoms with E-state index < -0.39 is 5.82 Å². The predicted octanol–water partition coefficient (Wildman–Crippen LogP) is 6.98. The van der Waals surface area contributed by atoms with E-state index in [0.29, 0.717) is 17.7 Å². The molecule has 0 aliphatic heterocycles. The van der Waals surface area contributed by atoms with Gasteiger partial charge in [-0.2, -0.15) is 0 Å². The highest BCUT2D eigenvalue weighted by Gasteiger charge is 2.25. The van der Waals surface area contributed by atoms with Crippen LogP contribution in [0.4, 0.5) is 4.39 Å². The lowest BCUT2D eigenvalue weighted by Gasteiger charge is -2.25. The highest BCUT2D eigenvalue weighted by molar-refractivity contribution is 7.98. The number of hydrogen-bond acceptors (Lipinski definition) is 4. The molecule has 0 fully saturated rings. The summed E-state index contributed by atoms with van der Waals surface area (Å²) in [6, 6.07) is 12.6. The number of hydrogen-bond donors (Lipinski definition) is 2. The van der Waals surface area contributed by atoms with Gasteiger partial charge in [0.25, 0.3) is 0 Å². The molecule has 0 spiro atoms. The Morgan fingerprint density at radius 3 is 2.12 bits per heavy atom. The van der Waals surface area contributed by atoms with Gasteiger partial charge in [0.2, 0.25) is 0 Å². The number of aryl methyl sites for hydroxylation is 1. The summed E-state index contributed by atoms with van der Waals surface area (Å²) in [4.78, 5) is 6.22. The van der Waals surface area contributed by atoms with Crippen LogP contribution in [0.2, 0.25) is 0 Å². The molecule has 0 atom stereocenters. The van der Waals surface area contributed by atoms with Crippen LogP contribution in [0.5, 0.6) is 5.75 Å². The maximum atomic E-state index is 13.8. The molecule has 3 aromatic rings. The van der Waals surface area contributed by atoms with Gasteiger partial charge in [-0.3, -0.25) is 4.98 Å². The Bertz CT molecular complexity index is 1080. The summed E-state index contributed by atoms with van der Waals surface area (Å²) in [5.74, 6) is 0.404. The predicted molar refractivity (Wildman–Crippen MR) is 131 cm³/mol. The molecule has 3 rings (SSSR count). The third-order valence-electron chi connectivity index (χ3n) is 5.55. The number of halogens is 1. The lowest BCUT2D eigenvalue weighted by Crippen LogP contribution is -2.13. The number of aromatic nitrogens is 1. The first-order valence-corrected chi connectivity index (χ1v) is 12.1. The molecule has 2 aromatic carbocycles. The quantitative estimate of drug-likeness (QED) is 0.361. The van der Waals surface area contributed by atoms with Gasteiger partial charge >= 0.3 is 0 Å². The van der Waals surface area contributed by atoms with Gasteiger partial charge in [-0.25, -0.2) is 4.39 Å². The standard InChI is InChI=1S/C27H32FNO2S/c1-16(2)26-22(12-13-30)25(21-11-8-19(28)14-24(21)31)23(27(29-26)17(3)4)15-32-20-9-6-18(5)7-10-20/h6-11,14,16-17,30-31H,12-13,15H2,1-5H3. The second kappa shape index (κ2) is 10.5. The van der Waals surface area contributed by atoms with Gasteiger partial charge in [0.15, 0.2) is 0 Å². The van der Waals surface area contributed by atoms with Gasteiger partial charge in [-0.05, 0) is 66.1 Å². The summed E-state index contributed by atoms with van der Waals surface area (Å²) in [6.45, 7) is 10.4. The van der Waals surface area contributed by atoms with E-state index in [1.165, 1.54) is 11.6 Å². The average Bonchev–Trinajstić information content (AvgIpc) is 2.73. The molecule has 0 bridgehead atoms. The van der Waals surface area contributed by atoms with Crippen LogP contribution < -0.4 is 0 Å². The van der Waals surface area contributed by atoms with E-state index in [-0.39, 0.29) is 24.2 Å². The van der Waals surface area contributed by atoms with E-state index in [1.54, 1.807) is 17.8 Å². The fourth-order valence-corrected chi connectivity index (χ4v) is 4.93. The second-order valence-corrected chi connectivity index (χ2v) is 9.81. The SMILES string of the molecule is Cc1ccc(SCc2c(C(C)C)nc(C(C)C)c(CCO)c2-c2ccc(F)cc2O)cc1. The van der Waals surface area contributed by atoms with E-state index in [4.69, 9.17) is 4.98 Å². The van der Waals surface area contributed by atoms with Crippen LogP contribution >= 0.6 is 11.8 Å². The molecular formula is C27H32FNO2S. The van der Waals surface area contributed by atoms with Crippen LogP contribution in [-0.4, -0.2) is 21.8 Å². The van der Waals surface area contributed by atoms with Gasteiger partial charge in [0, 0.05) is 40.3 Å². The maximum Gasteiger partial charge on any atom is 0.126 e. The van der Waals surface area contributed by atoms with Crippen molar-refractivity contribution in [2.45, 2.75) is 63.5 Å². The third-order valence-corrected chi connectivity index (χ3v) is 6.59.